The number of nitrogens with one attached hydrogen (secondary N) is 1. The summed E-state index contributed by atoms with van der Waals surface area (Å²) in [5.41, 5.74) is 5.73. The molecule has 2 nitrogen and oxygen atoms in total. The zero-order chi connectivity index (χ0) is 9.10. The summed E-state index contributed by atoms with van der Waals surface area (Å²) in [4.78, 5) is 0. The molecule has 2 aliphatic rings. The minimum absolute atomic E-state index is 0.740. The van der Waals surface area contributed by atoms with E-state index < -0.39 is 0 Å². The van der Waals surface area contributed by atoms with Crippen LogP contribution in [0, 0.1) is 11.8 Å². The molecule has 0 radical (unpaired) electrons. The van der Waals surface area contributed by atoms with Crippen LogP contribution in [0.3, 0.4) is 0 Å². The van der Waals surface area contributed by atoms with Crippen LogP contribution >= 0.6 is 0 Å². The standard InChI is InChI=1S/C11H22N2/c12-8-10-2-1-3-11(10)13-7-6-9-4-5-9/h9-11,13H,1-8,12H2. The Hall–Kier alpha value is -0.0800. The van der Waals surface area contributed by atoms with E-state index in [1.165, 1.54) is 45.1 Å². The molecule has 2 unspecified atom stereocenters. The molecule has 0 spiro atoms. The van der Waals surface area contributed by atoms with E-state index in [-0.39, 0.29) is 0 Å². The predicted octanol–water partition coefficient (Wildman–Crippen LogP) is 1.50. The molecule has 2 rings (SSSR count). The topological polar surface area (TPSA) is 38.0 Å². The van der Waals surface area contributed by atoms with Crippen LogP contribution in [0.5, 0.6) is 0 Å². The monoisotopic (exact) mass is 182 g/mol. The van der Waals surface area contributed by atoms with Crippen molar-refractivity contribution in [2.75, 3.05) is 13.1 Å². The van der Waals surface area contributed by atoms with Crippen molar-refractivity contribution in [2.24, 2.45) is 17.6 Å². The highest BCUT2D eigenvalue weighted by Crippen LogP contribution is 2.32. The summed E-state index contributed by atoms with van der Waals surface area (Å²) in [6.45, 7) is 2.10. The SMILES string of the molecule is NCC1CCCC1NCCC1CC1. The van der Waals surface area contributed by atoms with Gasteiger partial charge in [-0.05, 0) is 44.2 Å². The van der Waals surface area contributed by atoms with Gasteiger partial charge in [-0.2, -0.15) is 0 Å². The summed E-state index contributed by atoms with van der Waals surface area (Å²) >= 11 is 0. The minimum Gasteiger partial charge on any atom is -0.330 e. The van der Waals surface area contributed by atoms with Gasteiger partial charge in [-0.25, -0.2) is 0 Å². The first-order valence-electron chi connectivity index (χ1n) is 5.83. The molecule has 0 bridgehead atoms. The van der Waals surface area contributed by atoms with Crippen LogP contribution in [0.1, 0.15) is 38.5 Å². The van der Waals surface area contributed by atoms with Gasteiger partial charge in [-0.3, -0.25) is 0 Å². The van der Waals surface area contributed by atoms with Crippen molar-refractivity contribution in [1.29, 1.82) is 0 Å². The fourth-order valence-electron chi connectivity index (χ4n) is 2.47. The van der Waals surface area contributed by atoms with Crippen LogP contribution in [0.4, 0.5) is 0 Å². The second-order valence-corrected chi connectivity index (χ2v) is 4.72. The lowest BCUT2D eigenvalue weighted by Gasteiger charge is -2.19. The summed E-state index contributed by atoms with van der Waals surface area (Å²) in [6.07, 6.45) is 8.43. The van der Waals surface area contributed by atoms with E-state index in [2.05, 4.69) is 5.32 Å². The molecule has 0 amide bonds. The van der Waals surface area contributed by atoms with Gasteiger partial charge in [0.05, 0.1) is 0 Å². The summed E-state index contributed by atoms with van der Waals surface area (Å²) in [5, 5.41) is 3.67. The normalized spacial score (nSPS) is 33.9. The molecule has 0 aliphatic heterocycles. The van der Waals surface area contributed by atoms with Crippen molar-refractivity contribution in [1.82, 2.24) is 5.32 Å². The molecule has 2 atom stereocenters. The Kier molecular flexibility index (Phi) is 3.23. The molecule has 2 saturated carbocycles. The Bertz CT molecular complexity index is 154. The van der Waals surface area contributed by atoms with Crippen LogP contribution in [-0.2, 0) is 0 Å². The average molecular weight is 182 g/mol. The van der Waals surface area contributed by atoms with Gasteiger partial charge in [0.1, 0.15) is 0 Å². The van der Waals surface area contributed by atoms with E-state index in [9.17, 15) is 0 Å². The Labute approximate surface area is 81.3 Å². The van der Waals surface area contributed by atoms with Gasteiger partial charge in [0.2, 0.25) is 0 Å². The first kappa shape index (κ1) is 9.47. The lowest BCUT2D eigenvalue weighted by atomic mass is 10.0. The maximum atomic E-state index is 5.73. The molecular formula is C11H22N2. The number of rotatable bonds is 5. The van der Waals surface area contributed by atoms with Crippen LogP contribution in [0.15, 0.2) is 0 Å². The molecule has 0 aromatic carbocycles. The average Bonchev–Trinajstić information content (AvgIpc) is 2.84. The quantitative estimate of drug-likeness (QED) is 0.676. The summed E-state index contributed by atoms with van der Waals surface area (Å²) < 4.78 is 0. The lowest BCUT2D eigenvalue weighted by molar-refractivity contribution is 0.401. The van der Waals surface area contributed by atoms with Gasteiger partial charge in [0.15, 0.2) is 0 Å². The molecule has 0 saturated heterocycles. The predicted molar refractivity (Wildman–Crippen MR) is 55.5 cm³/mol. The second kappa shape index (κ2) is 4.43. The van der Waals surface area contributed by atoms with Crippen molar-refractivity contribution < 1.29 is 0 Å². The Morgan fingerprint density at radius 3 is 2.69 bits per heavy atom. The van der Waals surface area contributed by atoms with Crippen molar-refractivity contribution >= 4 is 0 Å². The maximum Gasteiger partial charge on any atom is 0.0107 e. The summed E-state index contributed by atoms with van der Waals surface area (Å²) in [6, 6.07) is 0.740. The third-order valence-corrected chi connectivity index (χ3v) is 3.62. The van der Waals surface area contributed by atoms with Crippen LogP contribution in [0.2, 0.25) is 0 Å². The molecule has 0 heterocycles. The largest absolute Gasteiger partial charge is 0.330 e. The highest BCUT2D eigenvalue weighted by molar-refractivity contribution is 4.84. The van der Waals surface area contributed by atoms with Crippen molar-refractivity contribution in [3.05, 3.63) is 0 Å². The molecular weight excluding hydrogens is 160 g/mol. The Morgan fingerprint density at radius 2 is 2.00 bits per heavy atom. The fraction of sp³-hybridized carbons (Fsp3) is 1.00. The smallest absolute Gasteiger partial charge is 0.0107 e. The summed E-state index contributed by atoms with van der Waals surface area (Å²) in [7, 11) is 0. The molecule has 3 N–H and O–H groups in total. The highest BCUT2D eigenvalue weighted by atomic mass is 14.9. The van der Waals surface area contributed by atoms with Gasteiger partial charge in [-0.1, -0.05) is 19.3 Å². The van der Waals surface area contributed by atoms with E-state index in [1.54, 1.807) is 0 Å². The number of hydrogen-bond donors (Lipinski definition) is 2. The van der Waals surface area contributed by atoms with Gasteiger partial charge in [0.25, 0.3) is 0 Å². The molecule has 13 heavy (non-hydrogen) atoms. The molecule has 0 aromatic rings. The first-order valence-corrected chi connectivity index (χ1v) is 5.83. The molecule has 76 valence electrons. The van der Waals surface area contributed by atoms with E-state index in [0.717, 1.165) is 24.4 Å². The first-order chi connectivity index (χ1) is 6.40. The van der Waals surface area contributed by atoms with E-state index in [0.29, 0.717) is 0 Å². The van der Waals surface area contributed by atoms with Crippen molar-refractivity contribution in [2.45, 2.75) is 44.6 Å². The van der Waals surface area contributed by atoms with Crippen LogP contribution in [-0.4, -0.2) is 19.1 Å². The highest BCUT2D eigenvalue weighted by Gasteiger charge is 2.26. The minimum atomic E-state index is 0.740. The Morgan fingerprint density at radius 1 is 1.15 bits per heavy atom. The molecule has 0 aromatic heterocycles. The molecule has 2 aliphatic carbocycles. The zero-order valence-corrected chi connectivity index (χ0v) is 8.47. The van der Waals surface area contributed by atoms with E-state index in [1.807, 2.05) is 0 Å². The van der Waals surface area contributed by atoms with Gasteiger partial charge in [0, 0.05) is 6.04 Å². The Balaban J connectivity index is 1.61. The number of nitrogens with two attached hydrogens (primary N) is 1. The van der Waals surface area contributed by atoms with Crippen molar-refractivity contribution in [3.8, 4) is 0 Å². The van der Waals surface area contributed by atoms with E-state index >= 15 is 0 Å². The van der Waals surface area contributed by atoms with E-state index in [4.69, 9.17) is 5.73 Å². The maximum absolute atomic E-state index is 5.73. The van der Waals surface area contributed by atoms with Crippen molar-refractivity contribution in [3.63, 3.8) is 0 Å². The third-order valence-electron chi connectivity index (χ3n) is 3.62. The zero-order valence-electron chi connectivity index (χ0n) is 8.47. The third kappa shape index (κ3) is 2.68. The van der Waals surface area contributed by atoms with Crippen LogP contribution in [0.25, 0.3) is 0 Å². The van der Waals surface area contributed by atoms with Gasteiger partial charge in [-0.15, -0.1) is 0 Å². The molecule has 2 fully saturated rings. The number of hydrogen-bond acceptors (Lipinski definition) is 2. The summed E-state index contributed by atoms with van der Waals surface area (Å²) in [5.74, 6) is 1.82. The lowest BCUT2D eigenvalue weighted by Crippen LogP contribution is -2.36. The van der Waals surface area contributed by atoms with Gasteiger partial charge < -0.3 is 11.1 Å². The van der Waals surface area contributed by atoms with Gasteiger partial charge >= 0.3 is 0 Å². The molecule has 2 heteroatoms. The second-order valence-electron chi connectivity index (χ2n) is 4.72. The fourth-order valence-corrected chi connectivity index (χ4v) is 2.47. The van der Waals surface area contributed by atoms with Crippen LogP contribution < -0.4 is 11.1 Å².